The number of hydrogen-bond acceptors (Lipinski definition) is 3. The number of hydrogen-bond donors (Lipinski definition) is 1. The lowest BCUT2D eigenvalue weighted by molar-refractivity contribution is 0.103. The summed E-state index contributed by atoms with van der Waals surface area (Å²) in [5, 5.41) is 1.10. The lowest BCUT2D eigenvalue weighted by Gasteiger charge is -2.07. The molecule has 0 saturated carbocycles. The summed E-state index contributed by atoms with van der Waals surface area (Å²) < 4.78 is 6.71. The van der Waals surface area contributed by atoms with E-state index < -0.39 is 0 Å². The van der Waals surface area contributed by atoms with Crippen molar-refractivity contribution in [1.29, 1.82) is 0 Å². The van der Waals surface area contributed by atoms with Crippen molar-refractivity contribution in [1.82, 2.24) is 15.0 Å². The van der Waals surface area contributed by atoms with Crippen LogP contribution in [0.25, 0.3) is 10.9 Å². The van der Waals surface area contributed by atoms with E-state index in [2.05, 4.69) is 30.9 Å². The van der Waals surface area contributed by atoms with Crippen molar-refractivity contribution in [3.63, 3.8) is 0 Å². The molecule has 2 heterocycles. The summed E-state index contributed by atoms with van der Waals surface area (Å²) in [6.45, 7) is 0.985. The largest absolute Gasteiger partial charge is 0.369 e. The molecular formula is C14H12BrN3O. The van der Waals surface area contributed by atoms with Crippen molar-refractivity contribution in [2.45, 2.75) is 13.2 Å². The summed E-state index contributed by atoms with van der Waals surface area (Å²) >= 11 is 3.53. The average Bonchev–Trinajstić information content (AvgIpc) is 2.95. The van der Waals surface area contributed by atoms with E-state index in [1.807, 2.05) is 24.3 Å². The van der Waals surface area contributed by atoms with Gasteiger partial charge in [0, 0.05) is 34.0 Å². The summed E-state index contributed by atoms with van der Waals surface area (Å²) in [5.74, 6) is 0.828. The van der Waals surface area contributed by atoms with Crippen molar-refractivity contribution >= 4 is 26.8 Å². The molecule has 3 aromatic rings. The molecule has 0 radical (unpaired) electrons. The number of ether oxygens (including phenoxy) is 1. The molecule has 0 aliphatic rings. The number of benzene rings is 1. The normalized spacial score (nSPS) is 11.0. The molecule has 0 fully saturated rings. The Morgan fingerprint density at radius 2 is 2.05 bits per heavy atom. The van der Waals surface area contributed by atoms with E-state index in [1.165, 1.54) is 0 Å². The summed E-state index contributed by atoms with van der Waals surface area (Å²) in [5.41, 5.74) is 2.04. The molecule has 3 rings (SSSR count). The third-order valence-electron chi connectivity index (χ3n) is 2.85. The van der Waals surface area contributed by atoms with Crippen LogP contribution in [-0.4, -0.2) is 15.0 Å². The minimum absolute atomic E-state index is 0.470. The highest BCUT2D eigenvalue weighted by Crippen LogP contribution is 2.25. The molecule has 5 heteroatoms. The minimum Gasteiger partial charge on any atom is -0.369 e. The number of aromatic amines is 1. The molecule has 96 valence electrons. The number of H-pyrrole nitrogens is 1. The maximum absolute atomic E-state index is 5.66. The summed E-state index contributed by atoms with van der Waals surface area (Å²) in [6.07, 6.45) is 5.30. The van der Waals surface area contributed by atoms with Gasteiger partial charge in [-0.1, -0.05) is 28.1 Å². The van der Waals surface area contributed by atoms with Crippen molar-refractivity contribution < 1.29 is 4.74 Å². The molecule has 19 heavy (non-hydrogen) atoms. The Balaban J connectivity index is 1.79. The molecule has 0 amide bonds. The second kappa shape index (κ2) is 5.50. The first kappa shape index (κ1) is 12.3. The van der Waals surface area contributed by atoms with E-state index in [9.17, 15) is 0 Å². The molecule has 0 atom stereocenters. The fourth-order valence-electron chi connectivity index (χ4n) is 1.95. The summed E-state index contributed by atoms with van der Waals surface area (Å²) in [6, 6.07) is 8.03. The highest BCUT2D eigenvalue weighted by Gasteiger charge is 2.05. The van der Waals surface area contributed by atoms with Gasteiger partial charge in [0.1, 0.15) is 12.4 Å². The third kappa shape index (κ3) is 2.67. The van der Waals surface area contributed by atoms with Crippen LogP contribution in [0.4, 0.5) is 0 Å². The maximum Gasteiger partial charge on any atom is 0.132 e. The fraction of sp³-hybridized carbons (Fsp3) is 0.143. The monoisotopic (exact) mass is 317 g/mol. The third-order valence-corrected chi connectivity index (χ3v) is 3.54. The Hall–Kier alpha value is -1.72. The molecule has 0 bridgehead atoms. The molecule has 1 N–H and O–H groups in total. The number of imidazole rings is 1. The van der Waals surface area contributed by atoms with Gasteiger partial charge in [-0.2, -0.15) is 0 Å². The SMILES string of the molecule is Brc1ccc(COCc2ncc[nH]2)c2ncccc12. The predicted octanol–water partition coefficient (Wildman–Crippen LogP) is 3.44. The van der Waals surface area contributed by atoms with Gasteiger partial charge in [0.15, 0.2) is 0 Å². The highest BCUT2D eigenvalue weighted by atomic mass is 79.9. The molecule has 4 nitrogen and oxygen atoms in total. The van der Waals surface area contributed by atoms with Gasteiger partial charge in [-0.05, 0) is 12.1 Å². The second-order valence-electron chi connectivity index (χ2n) is 4.13. The number of nitrogens with one attached hydrogen (secondary N) is 1. The van der Waals surface area contributed by atoms with Crippen LogP contribution in [0.5, 0.6) is 0 Å². The van der Waals surface area contributed by atoms with Gasteiger partial charge in [0.05, 0.1) is 12.1 Å². The Bertz CT molecular complexity index is 682. The quantitative estimate of drug-likeness (QED) is 0.802. The predicted molar refractivity (Wildman–Crippen MR) is 76.5 cm³/mol. The zero-order chi connectivity index (χ0) is 13.1. The molecule has 0 saturated heterocycles. The first-order chi connectivity index (χ1) is 9.34. The van der Waals surface area contributed by atoms with Crippen LogP contribution in [0.2, 0.25) is 0 Å². The van der Waals surface area contributed by atoms with Crippen molar-refractivity contribution in [2.24, 2.45) is 0 Å². The van der Waals surface area contributed by atoms with E-state index in [0.717, 1.165) is 26.8 Å². The van der Waals surface area contributed by atoms with Crippen LogP contribution in [0.3, 0.4) is 0 Å². The number of aromatic nitrogens is 3. The lowest BCUT2D eigenvalue weighted by atomic mass is 10.1. The Kier molecular flexibility index (Phi) is 3.57. The first-order valence-corrected chi connectivity index (χ1v) is 6.72. The second-order valence-corrected chi connectivity index (χ2v) is 4.99. The van der Waals surface area contributed by atoms with E-state index in [0.29, 0.717) is 13.2 Å². The van der Waals surface area contributed by atoms with E-state index >= 15 is 0 Å². The van der Waals surface area contributed by atoms with Crippen LogP contribution in [-0.2, 0) is 18.0 Å². The van der Waals surface area contributed by atoms with Crippen molar-refractivity contribution in [3.05, 3.63) is 58.7 Å². The molecule has 0 unspecified atom stereocenters. The van der Waals surface area contributed by atoms with Gasteiger partial charge in [-0.15, -0.1) is 0 Å². The molecule has 0 aliphatic heterocycles. The average molecular weight is 318 g/mol. The fourth-order valence-corrected chi connectivity index (χ4v) is 2.40. The molecular weight excluding hydrogens is 306 g/mol. The topological polar surface area (TPSA) is 50.8 Å². The summed E-state index contributed by atoms with van der Waals surface area (Å²) in [4.78, 5) is 11.6. The van der Waals surface area contributed by atoms with E-state index in [-0.39, 0.29) is 0 Å². The Morgan fingerprint density at radius 3 is 2.89 bits per heavy atom. The van der Waals surface area contributed by atoms with Gasteiger partial charge in [-0.3, -0.25) is 4.98 Å². The van der Waals surface area contributed by atoms with Gasteiger partial charge in [0.25, 0.3) is 0 Å². The smallest absolute Gasteiger partial charge is 0.132 e. The molecule has 1 aromatic carbocycles. The number of halogens is 1. The number of fused-ring (bicyclic) bond motifs is 1. The highest BCUT2D eigenvalue weighted by molar-refractivity contribution is 9.10. The van der Waals surface area contributed by atoms with Gasteiger partial charge >= 0.3 is 0 Å². The van der Waals surface area contributed by atoms with Gasteiger partial charge in [-0.25, -0.2) is 4.98 Å². The Labute approximate surface area is 119 Å². The van der Waals surface area contributed by atoms with Crippen LogP contribution in [0.1, 0.15) is 11.4 Å². The minimum atomic E-state index is 0.470. The zero-order valence-electron chi connectivity index (χ0n) is 10.1. The standard InChI is InChI=1S/C14H12BrN3O/c15-12-4-3-10(14-11(12)2-1-5-18-14)8-19-9-13-16-6-7-17-13/h1-7H,8-9H2,(H,16,17). The number of rotatable bonds is 4. The van der Waals surface area contributed by atoms with E-state index in [1.54, 1.807) is 18.6 Å². The van der Waals surface area contributed by atoms with Crippen molar-refractivity contribution in [2.75, 3.05) is 0 Å². The first-order valence-electron chi connectivity index (χ1n) is 5.93. The maximum atomic E-state index is 5.66. The molecule has 0 aliphatic carbocycles. The van der Waals surface area contributed by atoms with Crippen LogP contribution in [0, 0.1) is 0 Å². The lowest BCUT2D eigenvalue weighted by Crippen LogP contribution is -1.97. The number of pyridine rings is 1. The van der Waals surface area contributed by atoms with Crippen LogP contribution < -0.4 is 0 Å². The Morgan fingerprint density at radius 1 is 1.11 bits per heavy atom. The zero-order valence-corrected chi connectivity index (χ0v) is 11.7. The van der Waals surface area contributed by atoms with E-state index in [4.69, 9.17) is 4.74 Å². The van der Waals surface area contributed by atoms with Crippen LogP contribution in [0.15, 0.2) is 47.3 Å². The molecule has 2 aromatic heterocycles. The van der Waals surface area contributed by atoms with Gasteiger partial charge in [0.2, 0.25) is 0 Å². The van der Waals surface area contributed by atoms with Gasteiger partial charge < -0.3 is 9.72 Å². The van der Waals surface area contributed by atoms with Crippen molar-refractivity contribution in [3.8, 4) is 0 Å². The molecule has 0 spiro atoms. The van der Waals surface area contributed by atoms with Crippen LogP contribution >= 0.6 is 15.9 Å². The summed E-state index contributed by atoms with van der Waals surface area (Å²) in [7, 11) is 0. The number of nitrogens with zero attached hydrogens (tertiary/aromatic N) is 2.